The topological polar surface area (TPSA) is 57.8 Å². The molecule has 1 saturated carbocycles. The number of hydrogen-bond donors (Lipinski definition) is 2. The second-order valence-corrected chi connectivity index (χ2v) is 3.16. The second kappa shape index (κ2) is 2.62. The number of rotatable bonds is 2. The zero-order chi connectivity index (χ0) is 8.55. The molecule has 1 aliphatic carbocycles. The summed E-state index contributed by atoms with van der Waals surface area (Å²) in [7, 11) is 0. The third-order valence-electron chi connectivity index (χ3n) is 1.99. The van der Waals surface area contributed by atoms with Crippen LogP contribution in [0, 0.1) is 6.92 Å². The molecule has 1 aromatic rings. The molecule has 1 amide bonds. The monoisotopic (exact) mass is 165 g/mol. The minimum atomic E-state index is -0.0104. The van der Waals surface area contributed by atoms with E-state index in [0.717, 1.165) is 18.5 Å². The summed E-state index contributed by atoms with van der Waals surface area (Å²) in [5.41, 5.74) is 1.48. The molecule has 0 bridgehead atoms. The summed E-state index contributed by atoms with van der Waals surface area (Å²) in [6, 6.07) is 0.409. The Bertz CT molecular complexity index is 301. The fraction of sp³-hybridized carbons (Fsp3) is 0.500. The highest BCUT2D eigenvalue weighted by Gasteiger charge is 2.24. The zero-order valence-electron chi connectivity index (χ0n) is 6.92. The van der Waals surface area contributed by atoms with E-state index >= 15 is 0 Å². The minimum Gasteiger partial charge on any atom is -0.349 e. The Morgan fingerprint density at radius 2 is 2.50 bits per heavy atom. The van der Waals surface area contributed by atoms with Gasteiger partial charge in [0.2, 0.25) is 0 Å². The van der Waals surface area contributed by atoms with Crippen LogP contribution in [0.3, 0.4) is 0 Å². The molecule has 0 atom stereocenters. The van der Waals surface area contributed by atoms with E-state index in [4.69, 9.17) is 0 Å². The maximum absolute atomic E-state index is 11.4. The van der Waals surface area contributed by atoms with Gasteiger partial charge in [-0.25, -0.2) is 0 Å². The van der Waals surface area contributed by atoms with Gasteiger partial charge in [0, 0.05) is 11.7 Å². The van der Waals surface area contributed by atoms with E-state index in [1.165, 1.54) is 0 Å². The smallest absolute Gasteiger partial charge is 0.254 e. The molecule has 0 aliphatic heterocycles. The van der Waals surface area contributed by atoms with Crippen molar-refractivity contribution in [3.63, 3.8) is 0 Å². The van der Waals surface area contributed by atoms with Crippen LogP contribution in [0.1, 0.15) is 28.9 Å². The average molecular weight is 165 g/mol. The van der Waals surface area contributed by atoms with Crippen molar-refractivity contribution in [2.45, 2.75) is 25.8 Å². The molecule has 0 aromatic carbocycles. The van der Waals surface area contributed by atoms with Gasteiger partial charge in [0.1, 0.15) is 0 Å². The highest BCUT2D eigenvalue weighted by atomic mass is 16.1. The predicted octanol–water partition coefficient (Wildman–Crippen LogP) is 0.610. The SMILES string of the molecule is Cc1[nH]ncc1C(=O)NC1CC1. The molecule has 1 fully saturated rings. The summed E-state index contributed by atoms with van der Waals surface area (Å²) < 4.78 is 0. The number of nitrogens with zero attached hydrogens (tertiary/aromatic N) is 1. The lowest BCUT2D eigenvalue weighted by molar-refractivity contribution is 0.0950. The van der Waals surface area contributed by atoms with Crippen molar-refractivity contribution in [3.8, 4) is 0 Å². The van der Waals surface area contributed by atoms with E-state index in [-0.39, 0.29) is 5.91 Å². The Labute approximate surface area is 70.4 Å². The zero-order valence-corrected chi connectivity index (χ0v) is 6.92. The van der Waals surface area contributed by atoms with Gasteiger partial charge >= 0.3 is 0 Å². The van der Waals surface area contributed by atoms with Gasteiger partial charge < -0.3 is 5.32 Å². The van der Waals surface area contributed by atoms with E-state index in [1.54, 1.807) is 6.20 Å². The largest absolute Gasteiger partial charge is 0.349 e. The molecule has 1 heterocycles. The Kier molecular flexibility index (Phi) is 1.60. The van der Waals surface area contributed by atoms with Gasteiger partial charge in [-0.05, 0) is 19.8 Å². The third-order valence-corrected chi connectivity index (χ3v) is 1.99. The van der Waals surface area contributed by atoms with Crippen LogP contribution in [0.5, 0.6) is 0 Å². The van der Waals surface area contributed by atoms with Crippen LogP contribution in [0.2, 0.25) is 0 Å². The maximum atomic E-state index is 11.4. The molecule has 64 valence electrons. The van der Waals surface area contributed by atoms with Gasteiger partial charge in [0.25, 0.3) is 5.91 Å². The second-order valence-electron chi connectivity index (χ2n) is 3.16. The lowest BCUT2D eigenvalue weighted by atomic mass is 10.2. The van der Waals surface area contributed by atoms with Gasteiger partial charge in [-0.2, -0.15) is 5.10 Å². The molecule has 0 spiro atoms. The number of carbonyl (C=O) groups excluding carboxylic acids is 1. The molecular formula is C8H11N3O. The summed E-state index contributed by atoms with van der Waals surface area (Å²) in [6.45, 7) is 1.84. The van der Waals surface area contributed by atoms with Crippen LogP contribution >= 0.6 is 0 Å². The van der Waals surface area contributed by atoms with Gasteiger partial charge in [0.15, 0.2) is 0 Å². The average Bonchev–Trinajstić information content (AvgIpc) is 2.72. The van der Waals surface area contributed by atoms with Crippen LogP contribution in [0.25, 0.3) is 0 Å². The number of aromatic nitrogens is 2. The third kappa shape index (κ3) is 1.32. The summed E-state index contributed by atoms with van der Waals surface area (Å²) in [5.74, 6) is -0.0104. The van der Waals surface area contributed by atoms with Crippen molar-refractivity contribution in [1.29, 1.82) is 0 Å². The standard InChI is InChI=1S/C8H11N3O/c1-5-7(4-9-11-5)8(12)10-6-2-3-6/h4,6H,2-3H2,1H3,(H,9,11)(H,10,12). The summed E-state index contributed by atoms with van der Waals surface area (Å²) in [6.07, 6.45) is 3.79. The normalized spacial score (nSPS) is 16.1. The summed E-state index contributed by atoms with van der Waals surface area (Å²) >= 11 is 0. The molecule has 4 heteroatoms. The Morgan fingerprint density at radius 3 is 3.00 bits per heavy atom. The van der Waals surface area contributed by atoms with Crippen LogP contribution in [-0.2, 0) is 0 Å². The number of carbonyl (C=O) groups is 1. The first-order valence-corrected chi connectivity index (χ1v) is 4.08. The van der Waals surface area contributed by atoms with E-state index in [0.29, 0.717) is 11.6 Å². The molecule has 12 heavy (non-hydrogen) atoms. The van der Waals surface area contributed by atoms with Gasteiger partial charge in [-0.1, -0.05) is 0 Å². The molecule has 0 unspecified atom stereocenters. The van der Waals surface area contributed by atoms with Crippen molar-refractivity contribution in [1.82, 2.24) is 15.5 Å². The van der Waals surface area contributed by atoms with Crippen molar-refractivity contribution in [2.75, 3.05) is 0 Å². The van der Waals surface area contributed by atoms with Crippen molar-refractivity contribution >= 4 is 5.91 Å². The van der Waals surface area contributed by atoms with Gasteiger partial charge in [-0.3, -0.25) is 9.89 Å². The number of aromatic amines is 1. The number of amides is 1. The minimum absolute atomic E-state index is 0.0104. The van der Waals surface area contributed by atoms with Crippen molar-refractivity contribution < 1.29 is 4.79 Å². The molecule has 4 nitrogen and oxygen atoms in total. The summed E-state index contributed by atoms with van der Waals surface area (Å²) in [4.78, 5) is 11.4. The number of H-pyrrole nitrogens is 1. The first-order valence-electron chi connectivity index (χ1n) is 4.08. The number of nitrogens with one attached hydrogen (secondary N) is 2. The number of aryl methyl sites for hydroxylation is 1. The van der Waals surface area contributed by atoms with Gasteiger partial charge in [-0.15, -0.1) is 0 Å². The molecule has 0 radical (unpaired) electrons. The van der Waals surface area contributed by atoms with Gasteiger partial charge in [0.05, 0.1) is 11.8 Å². The fourth-order valence-corrected chi connectivity index (χ4v) is 1.07. The lowest BCUT2D eigenvalue weighted by Crippen LogP contribution is -2.25. The summed E-state index contributed by atoms with van der Waals surface area (Å²) in [5, 5.41) is 9.42. The Balaban J connectivity index is 2.07. The van der Waals surface area contributed by atoms with Crippen LogP contribution in [-0.4, -0.2) is 22.1 Å². The quantitative estimate of drug-likeness (QED) is 0.674. The van der Waals surface area contributed by atoms with Crippen molar-refractivity contribution in [3.05, 3.63) is 17.5 Å². The van der Waals surface area contributed by atoms with E-state index in [2.05, 4.69) is 15.5 Å². The van der Waals surface area contributed by atoms with Crippen LogP contribution in [0.4, 0.5) is 0 Å². The first kappa shape index (κ1) is 7.34. The molecular weight excluding hydrogens is 154 g/mol. The fourth-order valence-electron chi connectivity index (χ4n) is 1.07. The molecule has 2 N–H and O–H groups in total. The van der Waals surface area contributed by atoms with Crippen molar-refractivity contribution in [2.24, 2.45) is 0 Å². The first-order chi connectivity index (χ1) is 5.77. The number of hydrogen-bond acceptors (Lipinski definition) is 2. The molecule has 1 aliphatic rings. The maximum Gasteiger partial charge on any atom is 0.254 e. The Morgan fingerprint density at radius 1 is 1.75 bits per heavy atom. The van der Waals surface area contributed by atoms with E-state index in [9.17, 15) is 4.79 Å². The molecule has 2 rings (SSSR count). The highest BCUT2D eigenvalue weighted by Crippen LogP contribution is 2.19. The molecule has 1 aromatic heterocycles. The van der Waals surface area contributed by atoms with Crippen LogP contribution < -0.4 is 5.32 Å². The Hall–Kier alpha value is -1.32. The predicted molar refractivity (Wildman–Crippen MR) is 43.8 cm³/mol. The molecule has 0 saturated heterocycles. The van der Waals surface area contributed by atoms with E-state index in [1.807, 2.05) is 6.92 Å². The van der Waals surface area contributed by atoms with Crippen LogP contribution in [0.15, 0.2) is 6.20 Å². The lowest BCUT2D eigenvalue weighted by Gasteiger charge is -1.99. The van der Waals surface area contributed by atoms with E-state index < -0.39 is 0 Å². The highest BCUT2D eigenvalue weighted by molar-refractivity contribution is 5.95.